The molecule has 4 nitrogen and oxygen atoms in total. The molecule has 0 amide bonds. The predicted molar refractivity (Wildman–Crippen MR) is 67.9 cm³/mol. The second kappa shape index (κ2) is 5.75. The number of nitrogens with zero attached hydrogens (tertiary/aromatic N) is 2. The van der Waals surface area contributed by atoms with E-state index in [1.165, 1.54) is 25.1 Å². The Kier molecular flexibility index (Phi) is 4.61. The molecular weight excluding hydrogens is 216 g/mol. The van der Waals surface area contributed by atoms with E-state index in [1.807, 2.05) is 0 Å². The summed E-state index contributed by atoms with van der Waals surface area (Å²) in [6.07, 6.45) is 5.68. The quantitative estimate of drug-likeness (QED) is 0.444. The van der Waals surface area contributed by atoms with Crippen LogP contribution in [0.15, 0.2) is 18.3 Å². The summed E-state index contributed by atoms with van der Waals surface area (Å²) in [7, 11) is 0. The Morgan fingerprint density at radius 2 is 2.00 bits per heavy atom. The van der Waals surface area contributed by atoms with Gasteiger partial charge in [0, 0.05) is 11.8 Å². The third kappa shape index (κ3) is 5.43. The molecule has 0 saturated heterocycles. The first-order valence-corrected chi connectivity index (χ1v) is 5.98. The maximum atomic E-state index is 10.4. The number of nitro groups is 1. The van der Waals surface area contributed by atoms with Crippen molar-refractivity contribution in [2.24, 2.45) is 5.41 Å². The van der Waals surface area contributed by atoms with Crippen molar-refractivity contribution in [3.05, 3.63) is 34.1 Å². The van der Waals surface area contributed by atoms with E-state index in [-0.39, 0.29) is 5.69 Å². The predicted octanol–water partition coefficient (Wildman–Crippen LogP) is 3.75. The molecule has 94 valence electrons. The Morgan fingerprint density at radius 1 is 1.29 bits per heavy atom. The van der Waals surface area contributed by atoms with E-state index in [1.54, 1.807) is 6.07 Å². The van der Waals surface area contributed by atoms with Gasteiger partial charge in [-0.1, -0.05) is 27.2 Å². The van der Waals surface area contributed by atoms with Crippen molar-refractivity contribution < 1.29 is 4.92 Å². The zero-order valence-corrected chi connectivity index (χ0v) is 10.8. The average Bonchev–Trinajstić information content (AvgIpc) is 2.24. The standard InChI is InChI=1S/C13H20N2O2/c1-13(2,3)9-5-4-6-11-7-8-12(10-14-11)15(16)17/h7-8,10H,4-6,9H2,1-3H3. The molecular formula is C13H20N2O2. The molecule has 1 aromatic rings. The summed E-state index contributed by atoms with van der Waals surface area (Å²) >= 11 is 0. The molecule has 0 radical (unpaired) electrons. The van der Waals surface area contributed by atoms with Crippen molar-refractivity contribution in [2.45, 2.75) is 46.5 Å². The Morgan fingerprint density at radius 3 is 2.47 bits per heavy atom. The smallest absolute Gasteiger partial charge is 0.258 e. The molecule has 0 aromatic carbocycles. The molecule has 1 rings (SSSR count). The Hall–Kier alpha value is -1.45. The minimum absolute atomic E-state index is 0.0587. The fraction of sp³-hybridized carbons (Fsp3) is 0.615. The molecule has 4 heteroatoms. The number of aryl methyl sites for hydroxylation is 1. The van der Waals surface area contributed by atoms with Crippen molar-refractivity contribution in [3.63, 3.8) is 0 Å². The molecule has 0 saturated carbocycles. The highest BCUT2D eigenvalue weighted by atomic mass is 16.6. The van der Waals surface area contributed by atoms with Gasteiger partial charge in [0.25, 0.3) is 5.69 Å². The number of hydrogen-bond donors (Lipinski definition) is 0. The lowest BCUT2D eigenvalue weighted by Gasteiger charge is -2.17. The highest BCUT2D eigenvalue weighted by molar-refractivity contribution is 5.26. The van der Waals surface area contributed by atoms with Crippen LogP contribution in [0.4, 0.5) is 5.69 Å². The first-order chi connectivity index (χ1) is 7.88. The van der Waals surface area contributed by atoms with E-state index in [9.17, 15) is 10.1 Å². The number of unbranched alkanes of at least 4 members (excludes halogenated alkanes) is 1. The van der Waals surface area contributed by atoms with Crippen molar-refractivity contribution in [1.82, 2.24) is 4.98 Å². The molecule has 0 N–H and O–H groups in total. The number of aromatic nitrogens is 1. The molecule has 0 aliphatic carbocycles. The second-order valence-corrected chi connectivity index (χ2v) is 5.53. The molecule has 0 aliphatic rings. The third-order valence-electron chi connectivity index (χ3n) is 2.63. The monoisotopic (exact) mass is 236 g/mol. The molecule has 0 atom stereocenters. The zero-order valence-electron chi connectivity index (χ0n) is 10.8. The van der Waals surface area contributed by atoms with Crippen molar-refractivity contribution >= 4 is 5.69 Å². The highest BCUT2D eigenvalue weighted by Gasteiger charge is 2.09. The third-order valence-corrected chi connectivity index (χ3v) is 2.63. The van der Waals surface area contributed by atoms with Crippen LogP contribution < -0.4 is 0 Å². The maximum absolute atomic E-state index is 10.4. The van der Waals surface area contributed by atoms with Crippen LogP contribution in [0.2, 0.25) is 0 Å². The van der Waals surface area contributed by atoms with Crippen LogP contribution in [0.25, 0.3) is 0 Å². The zero-order chi connectivity index (χ0) is 12.9. The fourth-order valence-electron chi connectivity index (χ4n) is 1.63. The molecule has 0 bridgehead atoms. The lowest BCUT2D eigenvalue weighted by molar-refractivity contribution is -0.385. The highest BCUT2D eigenvalue weighted by Crippen LogP contribution is 2.22. The van der Waals surface area contributed by atoms with E-state index in [0.717, 1.165) is 18.5 Å². The van der Waals surface area contributed by atoms with Gasteiger partial charge in [0.15, 0.2) is 0 Å². The SMILES string of the molecule is CC(C)(C)CCCCc1ccc([N+](=O)[O-])cn1. The van der Waals surface area contributed by atoms with Gasteiger partial charge in [-0.2, -0.15) is 0 Å². The van der Waals surface area contributed by atoms with E-state index >= 15 is 0 Å². The summed E-state index contributed by atoms with van der Waals surface area (Å²) in [5.74, 6) is 0. The van der Waals surface area contributed by atoms with Crippen LogP contribution in [0.5, 0.6) is 0 Å². The largest absolute Gasteiger partial charge is 0.287 e. The fourth-order valence-corrected chi connectivity index (χ4v) is 1.63. The van der Waals surface area contributed by atoms with Gasteiger partial charge < -0.3 is 0 Å². The summed E-state index contributed by atoms with van der Waals surface area (Å²) in [4.78, 5) is 14.1. The van der Waals surface area contributed by atoms with E-state index in [0.29, 0.717) is 5.41 Å². The van der Waals surface area contributed by atoms with E-state index in [2.05, 4.69) is 25.8 Å². The summed E-state index contributed by atoms with van der Waals surface area (Å²) in [6, 6.07) is 3.27. The lowest BCUT2D eigenvalue weighted by Crippen LogP contribution is -2.04. The van der Waals surface area contributed by atoms with Crippen LogP contribution in [0, 0.1) is 15.5 Å². The lowest BCUT2D eigenvalue weighted by atomic mass is 9.89. The molecule has 1 heterocycles. The number of pyridine rings is 1. The van der Waals surface area contributed by atoms with Crippen molar-refractivity contribution in [1.29, 1.82) is 0 Å². The topological polar surface area (TPSA) is 56.0 Å². The van der Waals surface area contributed by atoms with Gasteiger partial charge >= 0.3 is 0 Å². The maximum Gasteiger partial charge on any atom is 0.287 e. The minimum Gasteiger partial charge on any atom is -0.258 e. The second-order valence-electron chi connectivity index (χ2n) is 5.53. The summed E-state index contributed by atoms with van der Waals surface area (Å²) in [5, 5.41) is 10.4. The van der Waals surface area contributed by atoms with Crippen LogP contribution in [0.3, 0.4) is 0 Å². The molecule has 17 heavy (non-hydrogen) atoms. The van der Waals surface area contributed by atoms with Crippen LogP contribution in [-0.2, 0) is 6.42 Å². The molecule has 1 aromatic heterocycles. The van der Waals surface area contributed by atoms with E-state index in [4.69, 9.17) is 0 Å². The van der Waals surface area contributed by atoms with Crippen LogP contribution in [-0.4, -0.2) is 9.91 Å². The van der Waals surface area contributed by atoms with Gasteiger partial charge in [-0.25, -0.2) is 0 Å². The van der Waals surface area contributed by atoms with Gasteiger partial charge in [-0.15, -0.1) is 0 Å². The summed E-state index contributed by atoms with van der Waals surface area (Å²) in [6.45, 7) is 6.70. The molecule has 0 unspecified atom stereocenters. The van der Waals surface area contributed by atoms with Gasteiger partial charge in [-0.05, 0) is 30.7 Å². The molecule has 0 fully saturated rings. The van der Waals surface area contributed by atoms with Gasteiger partial charge in [-0.3, -0.25) is 15.1 Å². The van der Waals surface area contributed by atoms with E-state index < -0.39 is 4.92 Å². The van der Waals surface area contributed by atoms with Gasteiger partial charge in [0.1, 0.15) is 6.20 Å². The number of hydrogen-bond acceptors (Lipinski definition) is 3. The Balaban J connectivity index is 2.35. The minimum atomic E-state index is -0.420. The first kappa shape index (κ1) is 13.6. The average molecular weight is 236 g/mol. The van der Waals surface area contributed by atoms with Crippen molar-refractivity contribution in [3.8, 4) is 0 Å². The normalized spacial score (nSPS) is 11.5. The van der Waals surface area contributed by atoms with Crippen LogP contribution in [0.1, 0.15) is 45.7 Å². The number of rotatable bonds is 5. The summed E-state index contributed by atoms with van der Waals surface area (Å²) < 4.78 is 0. The summed E-state index contributed by atoms with van der Waals surface area (Å²) in [5.41, 5.74) is 1.37. The van der Waals surface area contributed by atoms with Gasteiger partial charge in [0.05, 0.1) is 4.92 Å². The van der Waals surface area contributed by atoms with Gasteiger partial charge in [0.2, 0.25) is 0 Å². The van der Waals surface area contributed by atoms with Crippen molar-refractivity contribution in [2.75, 3.05) is 0 Å². The Labute approximate surface area is 102 Å². The molecule has 0 aliphatic heterocycles. The molecule has 0 spiro atoms. The Bertz CT molecular complexity index is 366. The first-order valence-electron chi connectivity index (χ1n) is 5.98. The van der Waals surface area contributed by atoms with Crippen LogP contribution >= 0.6 is 0 Å².